The van der Waals surface area contributed by atoms with Gasteiger partial charge in [0.05, 0.1) is 6.10 Å². The SMILES string of the molecule is CCCNC(Cc1cccc(F)c1)C(OCC)C(C)C. The quantitative estimate of drug-likeness (QED) is 0.743. The van der Waals surface area contributed by atoms with Gasteiger partial charge in [-0.15, -0.1) is 0 Å². The first-order valence-electron chi connectivity index (χ1n) is 7.67. The number of halogens is 1. The maximum Gasteiger partial charge on any atom is 0.123 e. The van der Waals surface area contributed by atoms with Crippen molar-refractivity contribution in [1.82, 2.24) is 5.32 Å². The van der Waals surface area contributed by atoms with Crippen LogP contribution < -0.4 is 5.32 Å². The van der Waals surface area contributed by atoms with E-state index in [0.29, 0.717) is 12.5 Å². The molecular weight excluding hydrogens is 253 g/mol. The van der Waals surface area contributed by atoms with Crippen molar-refractivity contribution in [2.75, 3.05) is 13.2 Å². The summed E-state index contributed by atoms with van der Waals surface area (Å²) in [5, 5.41) is 3.56. The summed E-state index contributed by atoms with van der Waals surface area (Å²) in [4.78, 5) is 0. The summed E-state index contributed by atoms with van der Waals surface area (Å²) in [6.45, 7) is 10.2. The van der Waals surface area contributed by atoms with Crippen molar-refractivity contribution >= 4 is 0 Å². The summed E-state index contributed by atoms with van der Waals surface area (Å²) < 4.78 is 19.2. The van der Waals surface area contributed by atoms with Crippen LogP contribution in [0.25, 0.3) is 0 Å². The van der Waals surface area contributed by atoms with Gasteiger partial charge in [0.1, 0.15) is 5.82 Å². The highest BCUT2D eigenvalue weighted by molar-refractivity contribution is 5.18. The van der Waals surface area contributed by atoms with Gasteiger partial charge in [-0.05, 0) is 49.9 Å². The third-order valence-electron chi connectivity index (χ3n) is 3.41. The second-order valence-corrected chi connectivity index (χ2v) is 5.56. The van der Waals surface area contributed by atoms with Crippen LogP contribution in [0.3, 0.4) is 0 Å². The van der Waals surface area contributed by atoms with Crippen molar-refractivity contribution in [2.24, 2.45) is 5.92 Å². The van der Waals surface area contributed by atoms with E-state index in [1.165, 1.54) is 6.07 Å². The molecule has 2 unspecified atom stereocenters. The first-order valence-corrected chi connectivity index (χ1v) is 7.67. The molecule has 1 N–H and O–H groups in total. The standard InChI is InChI=1S/C17H28FNO/c1-5-10-19-16(17(13(3)4)20-6-2)12-14-8-7-9-15(18)11-14/h7-9,11,13,16-17,19H,5-6,10,12H2,1-4H3. The van der Waals surface area contributed by atoms with Crippen LogP contribution in [0, 0.1) is 11.7 Å². The molecule has 0 spiro atoms. The van der Waals surface area contributed by atoms with Gasteiger partial charge in [-0.3, -0.25) is 0 Å². The Morgan fingerprint density at radius 2 is 2.00 bits per heavy atom. The first kappa shape index (κ1) is 17.1. The second-order valence-electron chi connectivity index (χ2n) is 5.56. The van der Waals surface area contributed by atoms with Gasteiger partial charge in [-0.2, -0.15) is 0 Å². The summed E-state index contributed by atoms with van der Waals surface area (Å²) in [5.74, 6) is 0.257. The second kappa shape index (κ2) is 9.09. The van der Waals surface area contributed by atoms with Gasteiger partial charge in [0, 0.05) is 12.6 Å². The first-order chi connectivity index (χ1) is 9.58. The molecule has 0 aliphatic heterocycles. The molecule has 0 saturated heterocycles. The number of hydrogen-bond donors (Lipinski definition) is 1. The van der Waals surface area contributed by atoms with Crippen LogP contribution in [0.5, 0.6) is 0 Å². The molecule has 1 rings (SSSR count). The van der Waals surface area contributed by atoms with E-state index in [0.717, 1.165) is 24.9 Å². The topological polar surface area (TPSA) is 21.3 Å². The van der Waals surface area contributed by atoms with E-state index in [1.807, 2.05) is 13.0 Å². The van der Waals surface area contributed by atoms with Crippen LogP contribution in [-0.4, -0.2) is 25.3 Å². The molecule has 2 atom stereocenters. The Bertz CT molecular complexity index is 381. The molecule has 0 fully saturated rings. The Kier molecular flexibility index (Phi) is 7.78. The Morgan fingerprint density at radius 3 is 2.55 bits per heavy atom. The summed E-state index contributed by atoms with van der Waals surface area (Å²) in [6, 6.07) is 7.07. The van der Waals surface area contributed by atoms with Gasteiger partial charge in [0.2, 0.25) is 0 Å². The molecule has 3 heteroatoms. The van der Waals surface area contributed by atoms with Gasteiger partial charge in [0.25, 0.3) is 0 Å². The van der Waals surface area contributed by atoms with Crippen molar-refractivity contribution in [3.63, 3.8) is 0 Å². The van der Waals surface area contributed by atoms with E-state index in [1.54, 1.807) is 12.1 Å². The van der Waals surface area contributed by atoms with Crippen molar-refractivity contribution in [1.29, 1.82) is 0 Å². The predicted molar refractivity (Wildman–Crippen MR) is 82.4 cm³/mol. The highest BCUT2D eigenvalue weighted by Gasteiger charge is 2.24. The number of nitrogens with one attached hydrogen (secondary N) is 1. The van der Waals surface area contributed by atoms with Gasteiger partial charge in [-0.25, -0.2) is 4.39 Å². The summed E-state index contributed by atoms with van der Waals surface area (Å²) in [5.41, 5.74) is 1.02. The van der Waals surface area contributed by atoms with E-state index in [9.17, 15) is 4.39 Å². The Labute approximate surface area is 122 Å². The Hall–Kier alpha value is -0.930. The highest BCUT2D eigenvalue weighted by Crippen LogP contribution is 2.16. The highest BCUT2D eigenvalue weighted by atomic mass is 19.1. The van der Waals surface area contributed by atoms with E-state index < -0.39 is 0 Å². The lowest BCUT2D eigenvalue weighted by Crippen LogP contribution is -2.46. The van der Waals surface area contributed by atoms with Crippen molar-refractivity contribution < 1.29 is 9.13 Å². The maximum absolute atomic E-state index is 13.3. The third kappa shape index (κ3) is 5.59. The van der Waals surface area contributed by atoms with Crippen LogP contribution in [0.2, 0.25) is 0 Å². The fourth-order valence-corrected chi connectivity index (χ4v) is 2.52. The van der Waals surface area contributed by atoms with E-state index in [-0.39, 0.29) is 18.0 Å². The average molecular weight is 281 g/mol. The molecule has 0 amide bonds. The normalized spacial score (nSPS) is 14.5. The molecule has 114 valence electrons. The monoisotopic (exact) mass is 281 g/mol. The lowest BCUT2D eigenvalue weighted by Gasteiger charge is -2.31. The molecule has 0 heterocycles. The number of hydrogen-bond acceptors (Lipinski definition) is 2. The molecule has 2 nitrogen and oxygen atoms in total. The van der Waals surface area contributed by atoms with E-state index in [4.69, 9.17) is 4.74 Å². The Morgan fingerprint density at radius 1 is 1.25 bits per heavy atom. The van der Waals surface area contributed by atoms with Crippen LogP contribution in [0.4, 0.5) is 4.39 Å². The van der Waals surface area contributed by atoms with Crippen molar-refractivity contribution in [3.05, 3.63) is 35.6 Å². The lowest BCUT2D eigenvalue weighted by molar-refractivity contribution is 0.00361. The van der Waals surface area contributed by atoms with Crippen LogP contribution in [0.15, 0.2) is 24.3 Å². The third-order valence-corrected chi connectivity index (χ3v) is 3.41. The van der Waals surface area contributed by atoms with Crippen molar-refractivity contribution in [2.45, 2.75) is 52.7 Å². The van der Waals surface area contributed by atoms with E-state index in [2.05, 4.69) is 26.1 Å². The molecule has 1 aromatic rings. The predicted octanol–water partition coefficient (Wildman–Crippen LogP) is 3.80. The molecule has 0 radical (unpaired) electrons. The van der Waals surface area contributed by atoms with Gasteiger partial charge in [0.15, 0.2) is 0 Å². The van der Waals surface area contributed by atoms with Crippen LogP contribution >= 0.6 is 0 Å². The number of benzene rings is 1. The van der Waals surface area contributed by atoms with Gasteiger partial charge < -0.3 is 10.1 Å². The minimum atomic E-state index is -0.172. The molecule has 1 aromatic carbocycles. The van der Waals surface area contributed by atoms with Crippen LogP contribution in [-0.2, 0) is 11.2 Å². The lowest BCUT2D eigenvalue weighted by atomic mass is 9.93. The fourth-order valence-electron chi connectivity index (χ4n) is 2.52. The molecule has 0 aliphatic carbocycles. The zero-order chi connectivity index (χ0) is 15.0. The maximum atomic E-state index is 13.3. The van der Waals surface area contributed by atoms with Gasteiger partial charge >= 0.3 is 0 Å². The fraction of sp³-hybridized carbons (Fsp3) is 0.647. The molecule has 0 saturated carbocycles. The molecule has 20 heavy (non-hydrogen) atoms. The number of ether oxygens (including phenoxy) is 1. The molecule has 0 aromatic heterocycles. The van der Waals surface area contributed by atoms with E-state index >= 15 is 0 Å². The van der Waals surface area contributed by atoms with Crippen LogP contribution in [0.1, 0.15) is 39.7 Å². The summed E-state index contributed by atoms with van der Waals surface area (Å²) >= 11 is 0. The average Bonchev–Trinajstić information content (AvgIpc) is 2.41. The summed E-state index contributed by atoms with van der Waals surface area (Å²) in [6.07, 6.45) is 2.02. The smallest absolute Gasteiger partial charge is 0.123 e. The van der Waals surface area contributed by atoms with Gasteiger partial charge in [-0.1, -0.05) is 32.9 Å². The molecule has 0 aliphatic rings. The summed E-state index contributed by atoms with van der Waals surface area (Å²) in [7, 11) is 0. The molecule has 0 bridgehead atoms. The zero-order valence-electron chi connectivity index (χ0n) is 13.2. The number of rotatable bonds is 9. The largest absolute Gasteiger partial charge is 0.377 e. The molecular formula is C17H28FNO. The Balaban J connectivity index is 2.81. The minimum absolute atomic E-state index is 0.148. The zero-order valence-corrected chi connectivity index (χ0v) is 13.2. The van der Waals surface area contributed by atoms with Crippen molar-refractivity contribution in [3.8, 4) is 0 Å². The minimum Gasteiger partial charge on any atom is -0.377 e.